The fraction of sp³-hybridized carbons (Fsp3) is 0.909. The van der Waals surface area contributed by atoms with E-state index in [0.717, 1.165) is 4.90 Å². The summed E-state index contributed by atoms with van der Waals surface area (Å²) in [5.74, 6) is -1.79. The van der Waals surface area contributed by atoms with Crippen LogP contribution in [-0.4, -0.2) is 54.9 Å². The summed E-state index contributed by atoms with van der Waals surface area (Å²) in [5.41, 5.74) is -0.139. The lowest BCUT2D eigenvalue weighted by atomic mass is 10.1. The molecule has 0 aromatic rings. The molecule has 0 aromatic carbocycles. The molecule has 1 saturated heterocycles. The first-order valence-electron chi connectivity index (χ1n) is 5.82. The van der Waals surface area contributed by atoms with Crippen LogP contribution in [0.4, 0.5) is 13.2 Å². The highest BCUT2D eigenvalue weighted by molar-refractivity contribution is 5.81. The van der Waals surface area contributed by atoms with Gasteiger partial charge in [-0.25, -0.2) is 0 Å². The van der Waals surface area contributed by atoms with Gasteiger partial charge in [0.2, 0.25) is 0 Å². The third-order valence-electron chi connectivity index (χ3n) is 2.53. The van der Waals surface area contributed by atoms with Crippen LogP contribution in [0.25, 0.3) is 0 Å². The maximum absolute atomic E-state index is 12.3. The minimum absolute atomic E-state index is 0.00956. The number of nitrogens with zero attached hydrogens (tertiary/aromatic N) is 1. The Bertz CT molecular complexity index is 300. The molecule has 1 N–H and O–H groups in total. The van der Waals surface area contributed by atoms with Gasteiger partial charge in [-0.15, -0.1) is 0 Å². The van der Waals surface area contributed by atoms with Crippen LogP contribution in [0.3, 0.4) is 0 Å². The Morgan fingerprint density at radius 1 is 1.39 bits per heavy atom. The molecule has 1 fully saturated rings. The average molecular weight is 268 g/mol. The van der Waals surface area contributed by atoms with Crippen LogP contribution in [0.2, 0.25) is 0 Å². The molecule has 1 aliphatic rings. The number of halogens is 3. The molecule has 106 valence electrons. The Morgan fingerprint density at radius 2 is 2.00 bits per heavy atom. The first kappa shape index (κ1) is 15.2. The minimum atomic E-state index is -4.81. The maximum atomic E-state index is 12.3. The van der Waals surface area contributed by atoms with Crippen molar-refractivity contribution in [3.63, 3.8) is 0 Å². The van der Waals surface area contributed by atoms with Crippen molar-refractivity contribution in [3.8, 4) is 0 Å². The smallest absolute Gasteiger partial charge is 0.373 e. The number of morpholine rings is 1. The number of nitrogens with one attached hydrogen (secondary N) is 1. The zero-order chi connectivity index (χ0) is 14.0. The van der Waals surface area contributed by atoms with E-state index < -0.39 is 18.2 Å². The highest BCUT2D eigenvalue weighted by Crippen LogP contribution is 2.20. The van der Waals surface area contributed by atoms with E-state index in [9.17, 15) is 18.0 Å². The Labute approximate surface area is 104 Å². The van der Waals surface area contributed by atoms with Crippen LogP contribution in [0, 0.1) is 0 Å². The van der Waals surface area contributed by atoms with Gasteiger partial charge in [0.15, 0.2) is 0 Å². The van der Waals surface area contributed by atoms with E-state index in [0.29, 0.717) is 6.54 Å². The third kappa shape index (κ3) is 4.81. The van der Waals surface area contributed by atoms with E-state index in [1.807, 2.05) is 20.8 Å². The Hall–Kier alpha value is -0.820. The van der Waals surface area contributed by atoms with Crippen molar-refractivity contribution in [2.45, 2.75) is 38.6 Å². The molecule has 0 aromatic heterocycles. The second-order valence-electron chi connectivity index (χ2n) is 5.37. The molecule has 18 heavy (non-hydrogen) atoms. The van der Waals surface area contributed by atoms with Gasteiger partial charge < -0.3 is 15.0 Å². The van der Waals surface area contributed by atoms with Gasteiger partial charge in [-0.05, 0) is 20.8 Å². The standard InChI is InChI=1S/C11H19F3N2O2/c1-10(2,3)15-6-8-7-16(4-5-18-8)9(17)11(12,13)14/h8,15H,4-7H2,1-3H3/t8-/m1/s1. The van der Waals surface area contributed by atoms with E-state index in [1.165, 1.54) is 0 Å². The van der Waals surface area contributed by atoms with Gasteiger partial charge in [0.25, 0.3) is 0 Å². The minimum Gasteiger partial charge on any atom is -0.373 e. The van der Waals surface area contributed by atoms with E-state index in [-0.39, 0.29) is 25.2 Å². The van der Waals surface area contributed by atoms with Crippen molar-refractivity contribution >= 4 is 5.91 Å². The fourth-order valence-electron chi connectivity index (χ4n) is 1.63. The first-order valence-corrected chi connectivity index (χ1v) is 5.82. The molecule has 7 heteroatoms. The van der Waals surface area contributed by atoms with E-state index in [4.69, 9.17) is 4.74 Å². The summed E-state index contributed by atoms with van der Waals surface area (Å²) >= 11 is 0. The summed E-state index contributed by atoms with van der Waals surface area (Å²) in [7, 11) is 0. The maximum Gasteiger partial charge on any atom is 0.471 e. The SMILES string of the molecule is CC(C)(C)NC[C@@H]1CN(C(=O)C(F)(F)F)CCO1. The molecule has 0 spiro atoms. The van der Waals surface area contributed by atoms with Crippen molar-refractivity contribution in [3.05, 3.63) is 0 Å². The van der Waals surface area contributed by atoms with Crippen molar-refractivity contribution in [1.82, 2.24) is 10.2 Å². The predicted octanol–water partition coefficient (Wildman–Crippen LogP) is 1.16. The van der Waals surface area contributed by atoms with Gasteiger partial charge in [0.1, 0.15) is 0 Å². The molecule has 0 unspecified atom stereocenters. The largest absolute Gasteiger partial charge is 0.471 e. The van der Waals surface area contributed by atoms with Crippen LogP contribution >= 0.6 is 0 Å². The zero-order valence-corrected chi connectivity index (χ0v) is 10.8. The molecule has 1 rings (SSSR count). The highest BCUT2D eigenvalue weighted by Gasteiger charge is 2.43. The van der Waals surface area contributed by atoms with Crippen molar-refractivity contribution in [2.75, 3.05) is 26.2 Å². The molecule has 4 nitrogen and oxygen atoms in total. The second kappa shape index (κ2) is 5.44. The lowest BCUT2D eigenvalue weighted by Gasteiger charge is -2.34. The highest BCUT2D eigenvalue weighted by atomic mass is 19.4. The van der Waals surface area contributed by atoms with Crippen LogP contribution in [0.1, 0.15) is 20.8 Å². The molecular weight excluding hydrogens is 249 g/mol. The predicted molar refractivity (Wildman–Crippen MR) is 60.1 cm³/mol. The zero-order valence-electron chi connectivity index (χ0n) is 10.8. The lowest BCUT2D eigenvalue weighted by molar-refractivity contribution is -0.191. The summed E-state index contributed by atoms with van der Waals surface area (Å²) in [6, 6.07) is 0. The van der Waals surface area contributed by atoms with E-state index >= 15 is 0 Å². The molecule has 1 amide bonds. The van der Waals surface area contributed by atoms with Gasteiger partial charge in [0.05, 0.1) is 12.7 Å². The second-order valence-corrected chi connectivity index (χ2v) is 5.37. The van der Waals surface area contributed by atoms with Crippen LogP contribution in [0.5, 0.6) is 0 Å². The molecule has 0 saturated carbocycles. The molecular formula is C11H19F3N2O2. The number of ether oxygens (including phenoxy) is 1. The molecule has 0 radical (unpaired) electrons. The number of hydrogen-bond acceptors (Lipinski definition) is 3. The number of amides is 1. The van der Waals surface area contributed by atoms with E-state index in [2.05, 4.69) is 5.32 Å². The molecule has 1 aliphatic heterocycles. The summed E-state index contributed by atoms with van der Waals surface area (Å²) in [6.45, 7) is 6.38. The van der Waals surface area contributed by atoms with Crippen molar-refractivity contribution in [2.24, 2.45) is 0 Å². The normalized spacial score (nSPS) is 22.1. The van der Waals surface area contributed by atoms with Gasteiger partial charge >= 0.3 is 12.1 Å². The Balaban J connectivity index is 2.49. The van der Waals surface area contributed by atoms with Crippen LogP contribution < -0.4 is 5.32 Å². The third-order valence-corrected chi connectivity index (χ3v) is 2.53. The number of carbonyl (C=O) groups excluding carboxylic acids is 1. The van der Waals surface area contributed by atoms with Crippen LogP contribution in [-0.2, 0) is 9.53 Å². The fourth-order valence-corrected chi connectivity index (χ4v) is 1.63. The monoisotopic (exact) mass is 268 g/mol. The van der Waals surface area contributed by atoms with E-state index in [1.54, 1.807) is 0 Å². The van der Waals surface area contributed by atoms with Crippen molar-refractivity contribution in [1.29, 1.82) is 0 Å². The average Bonchev–Trinajstić information content (AvgIpc) is 2.23. The summed E-state index contributed by atoms with van der Waals surface area (Å²) in [4.78, 5) is 11.9. The quantitative estimate of drug-likeness (QED) is 0.817. The molecule has 0 bridgehead atoms. The first-order chi connectivity index (χ1) is 8.09. The summed E-state index contributed by atoms with van der Waals surface area (Å²) in [5, 5.41) is 3.15. The molecule has 0 aliphatic carbocycles. The number of carbonyl (C=O) groups is 1. The summed E-state index contributed by atoms with van der Waals surface area (Å²) in [6.07, 6.45) is -5.21. The van der Waals surface area contributed by atoms with Gasteiger partial charge in [-0.1, -0.05) is 0 Å². The van der Waals surface area contributed by atoms with Gasteiger partial charge in [0, 0.05) is 25.2 Å². The van der Waals surface area contributed by atoms with Crippen LogP contribution in [0.15, 0.2) is 0 Å². The topological polar surface area (TPSA) is 41.6 Å². The Kier molecular flexibility index (Phi) is 4.61. The van der Waals surface area contributed by atoms with Gasteiger partial charge in [-0.3, -0.25) is 4.79 Å². The number of hydrogen-bond donors (Lipinski definition) is 1. The number of alkyl halides is 3. The molecule has 1 heterocycles. The lowest BCUT2D eigenvalue weighted by Crippen LogP contribution is -2.54. The van der Waals surface area contributed by atoms with Crippen molar-refractivity contribution < 1.29 is 22.7 Å². The Morgan fingerprint density at radius 3 is 2.50 bits per heavy atom. The van der Waals surface area contributed by atoms with Gasteiger partial charge in [-0.2, -0.15) is 13.2 Å². The molecule has 1 atom stereocenters. The summed E-state index contributed by atoms with van der Waals surface area (Å²) < 4.78 is 42.2. The number of rotatable bonds is 2.